The molecule has 3 rings (SSSR count). The zero-order valence-electron chi connectivity index (χ0n) is 14.4. The molecule has 0 atom stereocenters. The maximum atomic E-state index is 12.1. The van der Waals surface area contributed by atoms with Gasteiger partial charge in [-0.3, -0.25) is 4.79 Å². The molecule has 0 aliphatic heterocycles. The van der Waals surface area contributed by atoms with E-state index >= 15 is 0 Å². The van der Waals surface area contributed by atoms with E-state index in [2.05, 4.69) is 21.4 Å². The highest BCUT2D eigenvalue weighted by molar-refractivity contribution is 5.84. The molecule has 1 aromatic heterocycles. The van der Waals surface area contributed by atoms with Crippen molar-refractivity contribution in [2.24, 2.45) is 0 Å². The first-order valence-electron chi connectivity index (χ1n) is 8.32. The maximum absolute atomic E-state index is 12.1. The molecule has 0 spiro atoms. The summed E-state index contributed by atoms with van der Waals surface area (Å²) in [6.07, 6.45) is 0. The van der Waals surface area contributed by atoms with E-state index in [0.717, 1.165) is 11.3 Å². The molecule has 1 amide bonds. The number of hydrogen-bond donors (Lipinski definition) is 3. The predicted octanol–water partition coefficient (Wildman–Crippen LogP) is 1.87. The number of fused-ring (bicyclic) bond motifs is 1. The lowest BCUT2D eigenvalue weighted by Gasteiger charge is -2.24. The van der Waals surface area contributed by atoms with Crippen molar-refractivity contribution >= 4 is 22.6 Å². The highest BCUT2D eigenvalue weighted by Crippen LogP contribution is 2.21. The van der Waals surface area contributed by atoms with Crippen LogP contribution in [0.25, 0.3) is 11.0 Å². The quantitative estimate of drug-likeness (QED) is 0.632. The molecule has 0 saturated heterocycles. The third-order valence-corrected chi connectivity index (χ3v) is 4.00. The first-order chi connectivity index (χ1) is 12.6. The second kappa shape index (κ2) is 7.57. The molecule has 132 valence electrons. The lowest BCUT2D eigenvalue weighted by molar-refractivity contribution is -0.119. The summed E-state index contributed by atoms with van der Waals surface area (Å²) >= 11 is 0. The number of H-pyrrole nitrogens is 2. The molecular formula is C19H19N5O2. The second-order valence-electron chi connectivity index (χ2n) is 5.93. The van der Waals surface area contributed by atoms with Crippen LogP contribution < -0.4 is 15.9 Å². The van der Waals surface area contributed by atoms with Gasteiger partial charge in [0.25, 0.3) is 0 Å². The van der Waals surface area contributed by atoms with Crippen LogP contribution in [0.5, 0.6) is 0 Å². The second-order valence-corrected chi connectivity index (χ2v) is 5.93. The number of aromatic nitrogens is 2. The van der Waals surface area contributed by atoms with E-state index in [1.54, 1.807) is 18.2 Å². The molecule has 0 radical (unpaired) electrons. The van der Waals surface area contributed by atoms with Crippen molar-refractivity contribution in [1.82, 2.24) is 15.3 Å². The summed E-state index contributed by atoms with van der Waals surface area (Å²) in [6, 6.07) is 14.9. The Kier molecular flexibility index (Phi) is 5.04. The zero-order chi connectivity index (χ0) is 18.5. The number of nitrogens with one attached hydrogen (secondary N) is 3. The number of aromatic amines is 2. The van der Waals surface area contributed by atoms with Crippen LogP contribution in [0.15, 0.2) is 47.3 Å². The van der Waals surface area contributed by atoms with Crippen LogP contribution in [0.1, 0.15) is 18.1 Å². The van der Waals surface area contributed by atoms with Gasteiger partial charge in [0.15, 0.2) is 0 Å². The number of rotatable bonds is 6. The summed E-state index contributed by atoms with van der Waals surface area (Å²) in [5.41, 5.74) is 3.43. The van der Waals surface area contributed by atoms with E-state index in [1.165, 1.54) is 0 Å². The molecule has 7 nitrogen and oxygen atoms in total. The molecule has 26 heavy (non-hydrogen) atoms. The molecule has 0 aliphatic carbocycles. The molecular weight excluding hydrogens is 330 g/mol. The number of hydrogen-bond acceptors (Lipinski definition) is 4. The van der Waals surface area contributed by atoms with Crippen molar-refractivity contribution in [3.8, 4) is 6.07 Å². The maximum Gasteiger partial charge on any atom is 0.323 e. The van der Waals surface area contributed by atoms with Crippen LogP contribution >= 0.6 is 0 Å². The first kappa shape index (κ1) is 17.3. The van der Waals surface area contributed by atoms with Gasteiger partial charge in [-0.1, -0.05) is 12.1 Å². The predicted molar refractivity (Wildman–Crippen MR) is 99.8 cm³/mol. The Bertz CT molecular complexity index is 1030. The number of carbonyl (C=O) groups is 1. The minimum absolute atomic E-state index is 0.0911. The van der Waals surface area contributed by atoms with E-state index < -0.39 is 0 Å². The third-order valence-electron chi connectivity index (χ3n) is 4.00. The Hall–Kier alpha value is -3.53. The molecule has 7 heteroatoms. The number of amides is 1. The molecule has 0 aliphatic rings. The van der Waals surface area contributed by atoms with Gasteiger partial charge in [0.2, 0.25) is 5.91 Å². The van der Waals surface area contributed by atoms with Crippen molar-refractivity contribution in [1.29, 1.82) is 5.26 Å². The largest absolute Gasteiger partial charge is 0.358 e. The Morgan fingerprint density at radius 2 is 2.00 bits per heavy atom. The fourth-order valence-corrected chi connectivity index (χ4v) is 2.84. The summed E-state index contributed by atoms with van der Waals surface area (Å²) in [4.78, 5) is 31.0. The highest BCUT2D eigenvalue weighted by atomic mass is 16.2. The average Bonchev–Trinajstić information content (AvgIpc) is 3.00. The standard InChI is InChI=1S/C19H19N5O2/c1-2-21-18(25)12-24(11-14-5-3-4-13(8-14)10-20)15-6-7-16-17(9-15)23-19(26)22-16/h3-9H,2,11-12H2,1H3,(H,21,25)(H2,22,23,26). The van der Waals surface area contributed by atoms with E-state index in [1.807, 2.05) is 36.1 Å². The van der Waals surface area contributed by atoms with Gasteiger partial charge >= 0.3 is 5.69 Å². The van der Waals surface area contributed by atoms with Crippen molar-refractivity contribution in [2.75, 3.05) is 18.0 Å². The topological polar surface area (TPSA) is 105 Å². The average molecular weight is 349 g/mol. The highest BCUT2D eigenvalue weighted by Gasteiger charge is 2.13. The zero-order valence-corrected chi connectivity index (χ0v) is 14.4. The third kappa shape index (κ3) is 3.92. The molecule has 1 heterocycles. The number of nitriles is 1. The Balaban J connectivity index is 1.94. The number of carbonyl (C=O) groups excluding carboxylic acids is 1. The smallest absolute Gasteiger partial charge is 0.323 e. The molecule has 0 unspecified atom stereocenters. The van der Waals surface area contributed by atoms with Crippen LogP contribution in [-0.4, -0.2) is 29.0 Å². The lowest BCUT2D eigenvalue weighted by Crippen LogP contribution is -2.36. The first-order valence-corrected chi connectivity index (χ1v) is 8.32. The Labute approximate surface area is 150 Å². The Morgan fingerprint density at radius 3 is 2.77 bits per heavy atom. The number of imidazole rings is 1. The summed E-state index contributed by atoms with van der Waals surface area (Å²) in [6.45, 7) is 3.06. The molecule has 0 fully saturated rings. The van der Waals surface area contributed by atoms with Crippen LogP contribution in [-0.2, 0) is 11.3 Å². The minimum atomic E-state index is -0.269. The van der Waals surface area contributed by atoms with Gasteiger partial charge in [0.1, 0.15) is 0 Å². The molecule has 2 aromatic carbocycles. The van der Waals surface area contributed by atoms with Crippen molar-refractivity contribution in [3.63, 3.8) is 0 Å². The van der Waals surface area contributed by atoms with Crippen molar-refractivity contribution in [2.45, 2.75) is 13.5 Å². The van der Waals surface area contributed by atoms with E-state index in [-0.39, 0.29) is 18.1 Å². The molecule has 0 bridgehead atoms. The fraction of sp³-hybridized carbons (Fsp3) is 0.211. The van der Waals surface area contributed by atoms with Crippen molar-refractivity contribution < 1.29 is 4.79 Å². The number of nitrogens with zero attached hydrogens (tertiary/aromatic N) is 2. The van der Waals surface area contributed by atoms with Crippen molar-refractivity contribution in [3.05, 3.63) is 64.1 Å². The van der Waals surface area contributed by atoms with Gasteiger partial charge in [0, 0.05) is 18.8 Å². The van der Waals surface area contributed by atoms with Gasteiger partial charge < -0.3 is 20.2 Å². The molecule has 3 aromatic rings. The van der Waals surface area contributed by atoms with Crippen LogP contribution in [0.4, 0.5) is 5.69 Å². The van der Waals surface area contributed by atoms with Gasteiger partial charge in [-0.2, -0.15) is 5.26 Å². The van der Waals surface area contributed by atoms with Gasteiger partial charge in [0.05, 0.1) is 29.2 Å². The monoisotopic (exact) mass is 349 g/mol. The number of anilines is 1. The van der Waals surface area contributed by atoms with Gasteiger partial charge in [-0.05, 0) is 42.8 Å². The number of benzene rings is 2. The van der Waals surface area contributed by atoms with Gasteiger partial charge in [-0.25, -0.2) is 4.79 Å². The molecule has 3 N–H and O–H groups in total. The summed E-state index contributed by atoms with van der Waals surface area (Å²) < 4.78 is 0. The van der Waals surface area contributed by atoms with Crippen LogP contribution in [0, 0.1) is 11.3 Å². The van der Waals surface area contributed by atoms with Gasteiger partial charge in [-0.15, -0.1) is 0 Å². The summed E-state index contributed by atoms with van der Waals surface area (Å²) in [5, 5.41) is 11.9. The molecule has 0 saturated carbocycles. The minimum Gasteiger partial charge on any atom is -0.358 e. The SMILES string of the molecule is CCNC(=O)CN(Cc1cccc(C#N)c1)c1ccc2[nH]c(=O)[nH]c2c1. The van der Waals surface area contributed by atoms with Crippen LogP contribution in [0.3, 0.4) is 0 Å². The van der Waals surface area contributed by atoms with E-state index in [0.29, 0.717) is 29.7 Å². The number of likely N-dealkylation sites (N-methyl/N-ethyl adjacent to an activating group) is 1. The normalized spacial score (nSPS) is 10.5. The van der Waals surface area contributed by atoms with Crippen LogP contribution in [0.2, 0.25) is 0 Å². The Morgan fingerprint density at radius 1 is 1.19 bits per heavy atom. The van der Waals surface area contributed by atoms with E-state index in [9.17, 15) is 9.59 Å². The fourth-order valence-electron chi connectivity index (χ4n) is 2.84. The lowest BCUT2D eigenvalue weighted by atomic mass is 10.1. The van der Waals surface area contributed by atoms with E-state index in [4.69, 9.17) is 5.26 Å². The summed E-state index contributed by atoms with van der Waals surface area (Å²) in [7, 11) is 0. The summed E-state index contributed by atoms with van der Waals surface area (Å²) in [5.74, 6) is -0.0911.